The minimum absolute atomic E-state index is 0. The van der Waals surface area contributed by atoms with Crippen molar-refractivity contribution in [1.29, 1.82) is 0 Å². The first-order valence-corrected chi connectivity index (χ1v) is 3.37. The van der Waals surface area contributed by atoms with Gasteiger partial charge in [0.25, 0.3) is 0 Å². The van der Waals surface area contributed by atoms with Gasteiger partial charge in [-0.15, -0.1) is 0 Å². The van der Waals surface area contributed by atoms with Gasteiger partial charge in [-0.1, -0.05) is 11.6 Å². The number of carbonyl (C=O) groups excluding carboxylic acids is 2. The molecule has 0 bridgehead atoms. The minimum atomic E-state index is -0.526. The molecular weight excluding hydrogens is 180 g/mol. The summed E-state index contributed by atoms with van der Waals surface area (Å²) in [7, 11) is 0. The van der Waals surface area contributed by atoms with Crippen molar-refractivity contribution in [3.8, 4) is 0 Å². The fraction of sp³-hybridized carbons (Fsp3) is 0. The number of halogens is 1. The predicted molar refractivity (Wildman–Crippen MR) is 45.5 cm³/mol. The van der Waals surface area contributed by atoms with Crippen molar-refractivity contribution < 1.29 is 15.1 Å². The van der Waals surface area contributed by atoms with Crippen LogP contribution in [0.3, 0.4) is 0 Å². The van der Waals surface area contributed by atoms with Gasteiger partial charge in [-0.3, -0.25) is 9.59 Å². The number of benzene rings is 1. The van der Waals surface area contributed by atoms with Crippen LogP contribution < -0.4 is 0 Å². The highest BCUT2D eigenvalue weighted by molar-refractivity contribution is 6.34. The summed E-state index contributed by atoms with van der Waals surface area (Å²) < 4.78 is 0. The standard InChI is InChI=1S/C8H5ClO2.H2O/c9-7-3-1-6(2-4-7)8(11)5-10;/h1-5H;1H2. The highest BCUT2D eigenvalue weighted by atomic mass is 35.5. The van der Waals surface area contributed by atoms with Gasteiger partial charge >= 0.3 is 0 Å². The van der Waals surface area contributed by atoms with E-state index < -0.39 is 5.78 Å². The topological polar surface area (TPSA) is 65.6 Å². The third-order valence-corrected chi connectivity index (χ3v) is 1.49. The van der Waals surface area contributed by atoms with Crippen LogP contribution in [0.2, 0.25) is 5.02 Å². The van der Waals surface area contributed by atoms with Gasteiger partial charge in [0, 0.05) is 10.6 Å². The summed E-state index contributed by atoms with van der Waals surface area (Å²) in [6.07, 6.45) is 0.281. The van der Waals surface area contributed by atoms with Crippen LogP contribution in [0.15, 0.2) is 24.3 Å². The molecule has 64 valence electrons. The molecule has 3 nitrogen and oxygen atoms in total. The van der Waals surface area contributed by atoms with E-state index in [1.807, 2.05) is 0 Å². The maximum Gasteiger partial charge on any atom is 0.225 e. The molecule has 0 unspecified atom stereocenters. The third-order valence-electron chi connectivity index (χ3n) is 1.24. The second-order valence-corrected chi connectivity index (χ2v) is 2.43. The zero-order chi connectivity index (χ0) is 8.27. The SMILES string of the molecule is O.O=CC(=O)c1ccc(Cl)cc1. The first-order chi connectivity index (χ1) is 5.24. The van der Waals surface area contributed by atoms with Crippen LogP contribution in [0.5, 0.6) is 0 Å². The molecular formula is C8H7ClO3. The summed E-state index contributed by atoms with van der Waals surface area (Å²) in [5.41, 5.74) is 0.365. The van der Waals surface area contributed by atoms with E-state index in [0.29, 0.717) is 10.6 Å². The number of Topliss-reactive ketones (excluding diaryl/α,β-unsaturated/α-hetero) is 1. The minimum Gasteiger partial charge on any atom is -0.412 e. The molecule has 2 N–H and O–H groups in total. The van der Waals surface area contributed by atoms with Crippen molar-refractivity contribution in [2.24, 2.45) is 0 Å². The van der Waals surface area contributed by atoms with E-state index in [-0.39, 0.29) is 11.8 Å². The molecule has 0 aliphatic rings. The lowest BCUT2D eigenvalue weighted by Gasteiger charge is -1.92. The number of ketones is 1. The summed E-state index contributed by atoms with van der Waals surface area (Å²) in [6, 6.07) is 6.16. The van der Waals surface area contributed by atoms with Gasteiger partial charge in [-0.2, -0.15) is 0 Å². The number of rotatable bonds is 2. The molecule has 0 fully saturated rings. The van der Waals surface area contributed by atoms with Crippen LogP contribution in [0.1, 0.15) is 10.4 Å². The van der Waals surface area contributed by atoms with E-state index in [2.05, 4.69) is 0 Å². The molecule has 0 aromatic heterocycles. The van der Waals surface area contributed by atoms with Crippen molar-refractivity contribution >= 4 is 23.7 Å². The maximum absolute atomic E-state index is 10.7. The first kappa shape index (κ1) is 10.8. The fourth-order valence-corrected chi connectivity index (χ4v) is 0.808. The highest BCUT2D eigenvalue weighted by Crippen LogP contribution is 2.08. The van der Waals surface area contributed by atoms with Crippen molar-refractivity contribution in [2.45, 2.75) is 0 Å². The van der Waals surface area contributed by atoms with Crippen molar-refractivity contribution in [3.05, 3.63) is 34.9 Å². The van der Waals surface area contributed by atoms with Crippen LogP contribution in [0, 0.1) is 0 Å². The van der Waals surface area contributed by atoms with Crippen LogP contribution in [0.25, 0.3) is 0 Å². The molecule has 1 aromatic rings. The van der Waals surface area contributed by atoms with Gasteiger partial charge in [-0.05, 0) is 24.3 Å². The molecule has 0 atom stereocenters. The molecule has 0 radical (unpaired) electrons. The lowest BCUT2D eigenvalue weighted by atomic mass is 10.1. The van der Waals surface area contributed by atoms with E-state index in [9.17, 15) is 9.59 Å². The van der Waals surface area contributed by atoms with Crippen molar-refractivity contribution in [1.82, 2.24) is 0 Å². The van der Waals surface area contributed by atoms with Crippen LogP contribution in [0.4, 0.5) is 0 Å². The molecule has 0 aliphatic carbocycles. The smallest absolute Gasteiger partial charge is 0.225 e. The normalized spacial score (nSPS) is 8.42. The Labute approximate surface area is 74.3 Å². The van der Waals surface area contributed by atoms with E-state index in [1.54, 1.807) is 12.1 Å². The monoisotopic (exact) mass is 186 g/mol. The summed E-state index contributed by atoms with van der Waals surface area (Å²) in [4.78, 5) is 20.7. The molecule has 0 amide bonds. The average molecular weight is 187 g/mol. The number of hydrogen-bond acceptors (Lipinski definition) is 2. The molecule has 0 aliphatic heterocycles. The van der Waals surface area contributed by atoms with E-state index in [0.717, 1.165) is 0 Å². The Kier molecular flexibility index (Phi) is 4.18. The number of carbonyl (C=O) groups is 2. The van der Waals surface area contributed by atoms with Crippen LogP contribution >= 0.6 is 11.6 Å². The second kappa shape index (κ2) is 4.64. The molecule has 4 heteroatoms. The molecule has 1 aromatic carbocycles. The molecule has 0 heterocycles. The van der Waals surface area contributed by atoms with E-state index in [1.165, 1.54) is 12.1 Å². The second-order valence-electron chi connectivity index (χ2n) is 1.99. The van der Waals surface area contributed by atoms with Gasteiger partial charge in [0.2, 0.25) is 5.78 Å². The Morgan fingerprint density at radius 2 is 1.75 bits per heavy atom. The summed E-state index contributed by atoms with van der Waals surface area (Å²) in [6.45, 7) is 0. The molecule has 1 rings (SSSR count). The van der Waals surface area contributed by atoms with Gasteiger partial charge in [0.05, 0.1) is 0 Å². The lowest BCUT2D eigenvalue weighted by molar-refractivity contribution is -0.104. The maximum atomic E-state index is 10.7. The molecule has 12 heavy (non-hydrogen) atoms. The van der Waals surface area contributed by atoms with Crippen molar-refractivity contribution in [3.63, 3.8) is 0 Å². The number of aldehydes is 1. The van der Waals surface area contributed by atoms with Gasteiger partial charge < -0.3 is 5.48 Å². The van der Waals surface area contributed by atoms with Crippen LogP contribution in [-0.2, 0) is 4.79 Å². The summed E-state index contributed by atoms with van der Waals surface area (Å²) in [5.74, 6) is -0.526. The largest absolute Gasteiger partial charge is 0.412 e. The van der Waals surface area contributed by atoms with Crippen LogP contribution in [-0.4, -0.2) is 17.5 Å². The quantitative estimate of drug-likeness (QED) is 0.391. The van der Waals surface area contributed by atoms with Gasteiger partial charge in [0.1, 0.15) is 0 Å². The molecule has 0 saturated carbocycles. The van der Waals surface area contributed by atoms with E-state index >= 15 is 0 Å². The lowest BCUT2D eigenvalue weighted by Crippen LogP contribution is -1.98. The highest BCUT2D eigenvalue weighted by Gasteiger charge is 2.01. The Hall–Kier alpha value is -1.19. The fourth-order valence-electron chi connectivity index (χ4n) is 0.682. The zero-order valence-corrected chi connectivity index (χ0v) is 6.84. The zero-order valence-electron chi connectivity index (χ0n) is 6.08. The van der Waals surface area contributed by atoms with Crippen molar-refractivity contribution in [2.75, 3.05) is 0 Å². The molecule has 0 spiro atoms. The van der Waals surface area contributed by atoms with E-state index in [4.69, 9.17) is 11.6 Å². The average Bonchev–Trinajstić information content (AvgIpc) is 2.05. The Balaban J connectivity index is 0.00000121. The Bertz CT molecular complexity index is 279. The first-order valence-electron chi connectivity index (χ1n) is 2.99. The third kappa shape index (κ3) is 2.45. The summed E-state index contributed by atoms with van der Waals surface area (Å²) >= 11 is 5.56. The predicted octanol–water partition coefficient (Wildman–Crippen LogP) is 0.897. The Morgan fingerprint density at radius 3 is 2.17 bits per heavy atom. The Morgan fingerprint density at radius 1 is 1.25 bits per heavy atom. The summed E-state index contributed by atoms with van der Waals surface area (Å²) in [5, 5.41) is 0.549. The van der Waals surface area contributed by atoms with Gasteiger partial charge in [-0.25, -0.2) is 0 Å². The number of hydrogen-bond donors (Lipinski definition) is 0. The molecule has 0 saturated heterocycles. The van der Waals surface area contributed by atoms with Gasteiger partial charge in [0.15, 0.2) is 6.29 Å².